The number of hydrogen-bond acceptors (Lipinski definition) is 6. The predicted octanol–water partition coefficient (Wildman–Crippen LogP) is 1.29. The number of hydrogen-bond donors (Lipinski definition) is 2. The molecule has 3 aromatic rings. The summed E-state index contributed by atoms with van der Waals surface area (Å²) in [6, 6.07) is 5.73. The lowest BCUT2D eigenvalue weighted by Gasteiger charge is -2.36. The second-order valence-electron chi connectivity index (χ2n) is 8.42. The van der Waals surface area contributed by atoms with E-state index in [-0.39, 0.29) is 11.5 Å². The summed E-state index contributed by atoms with van der Waals surface area (Å²) in [5, 5.41) is 7.30. The van der Waals surface area contributed by atoms with Gasteiger partial charge in [0.1, 0.15) is 11.3 Å². The largest absolute Gasteiger partial charge is 0.368 e. The van der Waals surface area contributed by atoms with Crippen molar-refractivity contribution in [2.75, 3.05) is 38.1 Å². The molecule has 1 amide bonds. The third kappa shape index (κ3) is 3.93. The summed E-state index contributed by atoms with van der Waals surface area (Å²) in [6.45, 7) is 6.29. The molecular formula is C22H27N7O2. The number of anilines is 1. The highest BCUT2D eigenvalue weighted by Crippen LogP contribution is 2.38. The molecule has 3 aromatic heterocycles. The normalized spacial score (nSPS) is 17.3. The first-order valence-corrected chi connectivity index (χ1v) is 10.8. The fraction of sp³-hybridized carbons (Fsp3) is 0.455. The maximum Gasteiger partial charge on any atom is 0.269 e. The summed E-state index contributed by atoms with van der Waals surface area (Å²) in [5.41, 5.74) is 4.96. The van der Waals surface area contributed by atoms with E-state index in [9.17, 15) is 9.59 Å². The minimum atomic E-state index is -0.169. The number of carbonyl (C=O) groups is 1. The number of aromatic nitrogens is 4. The van der Waals surface area contributed by atoms with Crippen molar-refractivity contribution in [3.63, 3.8) is 0 Å². The van der Waals surface area contributed by atoms with Gasteiger partial charge in [-0.05, 0) is 37.8 Å². The minimum Gasteiger partial charge on any atom is -0.368 e. The van der Waals surface area contributed by atoms with Crippen LogP contribution < -0.4 is 15.8 Å². The molecule has 2 fully saturated rings. The van der Waals surface area contributed by atoms with Gasteiger partial charge in [-0.25, -0.2) is 9.50 Å². The van der Waals surface area contributed by atoms with Gasteiger partial charge in [0.25, 0.3) is 11.5 Å². The molecule has 2 N–H and O–H groups in total. The van der Waals surface area contributed by atoms with Gasteiger partial charge in [-0.15, -0.1) is 0 Å². The highest BCUT2D eigenvalue weighted by atomic mass is 16.1. The van der Waals surface area contributed by atoms with E-state index in [1.54, 1.807) is 13.1 Å². The number of rotatable bonds is 5. The van der Waals surface area contributed by atoms with Crippen LogP contribution in [0.4, 0.5) is 5.69 Å². The molecule has 1 aliphatic heterocycles. The molecule has 0 spiro atoms. The van der Waals surface area contributed by atoms with Crippen molar-refractivity contribution in [1.29, 1.82) is 0 Å². The van der Waals surface area contributed by atoms with E-state index in [4.69, 9.17) is 0 Å². The summed E-state index contributed by atoms with van der Waals surface area (Å²) < 4.78 is 1.81. The molecule has 0 aromatic carbocycles. The molecule has 9 nitrogen and oxygen atoms in total. The van der Waals surface area contributed by atoms with E-state index in [0.29, 0.717) is 11.6 Å². The number of aryl methyl sites for hydroxylation is 1. The molecule has 162 valence electrons. The lowest BCUT2D eigenvalue weighted by molar-refractivity contribution is 0.0958. The summed E-state index contributed by atoms with van der Waals surface area (Å²) in [6.07, 6.45) is 4.08. The maximum absolute atomic E-state index is 12.2. The van der Waals surface area contributed by atoms with E-state index in [1.165, 1.54) is 0 Å². The van der Waals surface area contributed by atoms with Gasteiger partial charge in [-0.1, -0.05) is 0 Å². The van der Waals surface area contributed by atoms with E-state index in [0.717, 1.165) is 73.9 Å². The van der Waals surface area contributed by atoms with Crippen LogP contribution in [-0.4, -0.2) is 63.6 Å². The Hall–Kier alpha value is -3.20. The van der Waals surface area contributed by atoms with E-state index in [1.807, 2.05) is 29.8 Å². The topological polar surface area (TPSA) is 98.6 Å². The lowest BCUT2D eigenvalue weighted by Crippen LogP contribution is -2.46. The van der Waals surface area contributed by atoms with Crippen LogP contribution in [-0.2, 0) is 6.54 Å². The first kappa shape index (κ1) is 19.7. The molecule has 4 heterocycles. The van der Waals surface area contributed by atoms with Crippen molar-refractivity contribution in [2.45, 2.75) is 32.2 Å². The Labute approximate surface area is 180 Å². The van der Waals surface area contributed by atoms with Crippen LogP contribution >= 0.6 is 0 Å². The molecule has 5 rings (SSSR count). The molecule has 1 aliphatic carbocycles. The number of pyridine rings is 1. The van der Waals surface area contributed by atoms with Gasteiger partial charge >= 0.3 is 0 Å². The fourth-order valence-corrected chi connectivity index (χ4v) is 4.30. The van der Waals surface area contributed by atoms with E-state index in [2.05, 4.69) is 30.2 Å². The summed E-state index contributed by atoms with van der Waals surface area (Å²) >= 11 is 0. The molecule has 31 heavy (non-hydrogen) atoms. The van der Waals surface area contributed by atoms with Crippen LogP contribution in [0.1, 0.15) is 46.2 Å². The summed E-state index contributed by atoms with van der Waals surface area (Å²) in [4.78, 5) is 36.1. The maximum atomic E-state index is 12.2. The van der Waals surface area contributed by atoms with Gasteiger partial charge in [0.05, 0.1) is 17.1 Å². The van der Waals surface area contributed by atoms with E-state index >= 15 is 0 Å². The molecule has 2 aliphatic rings. The Morgan fingerprint density at radius 1 is 1.23 bits per heavy atom. The SMILES string of the molecule is CNC(=O)c1ccc(N2CCN(Cc3cc4[nH]c(=O)c(C5CC5)cn4n3)CC2)c(C)n1. The van der Waals surface area contributed by atoms with E-state index < -0.39 is 0 Å². The van der Waals surface area contributed by atoms with Crippen molar-refractivity contribution in [2.24, 2.45) is 0 Å². The Morgan fingerprint density at radius 2 is 2.00 bits per heavy atom. The van der Waals surface area contributed by atoms with Gasteiger partial charge in [-0.2, -0.15) is 5.10 Å². The molecular weight excluding hydrogens is 394 g/mol. The van der Waals surface area contributed by atoms with Crippen LogP contribution in [0.25, 0.3) is 5.65 Å². The second-order valence-corrected chi connectivity index (χ2v) is 8.42. The van der Waals surface area contributed by atoms with Gasteiger partial charge in [0.15, 0.2) is 0 Å². The van der Waals surface area contributed by atoms with Gasteiger partial charge in [-0.3, -0.25) is 14.5 Å². The van der Waals surface area contributed by atoms with Gasteiger partial charge in [0, 0.05) is 57.6 Å². The summed E-state index contributed by atoms with van der Waals surface area (Å²) in [7, 11) is 1.61. The number of aromatic amines is 1. The number of fused-ring (bicyclic) bond motifs is 1. The first-order chi connectivity index (χ1) is 15.0. The molecule has 1 saturated heterocycles. The van der Waals surface area contributed by atoms with Crippen LogP contribution in [0.15, 0.2) is 29.2 Å². The monoisotopic (exact) mass is 421 g/mol. The lowest BCUT2D eigenvalue weighted by atomic mass is 10.2. The average molecular weight is 422 g/mol. The summed E-state index contributed by atoms with van der Waals surface area (Å²) in [5.74, 6) is 0.231. The minimum absolute atomic E-state index is 0.0153. The Kier molecular flexibility index (Phi) is 4.97. The number of nitrogens with zero attached hydrogens (tertiary/aromatic N) is 5. The zero-order valence-corrected chi connectivity index (χ0v) is 17.9. The third-order valence-electron chi connectivity index (χ3n) is 6.18. The number of H-pyrrole nitrogens is 1. The molecule has 0 bridgehead atoms. The predicted molar refractivity (Wildman–Crippen MR) is 118 cm³/mol. The fourth-order valence-electron chi connectivity index (χ4n) is 4.30. The smallest absolute Gasteiger partial charge is 0.269 e. The number of amides is 1. The molecule has 0 atom stereocenters. The van der Waals surface area contributed by atoms with Gasteiger partial charge < -0.3 is 15.2 Å². The number of piperazine rings is 1. The van der Waals surface area contributed by atoms with Crippen molar-refractivity contribution in [3.8, 4) is 0 Å². The van der Waals surface area contributed by atoms with Crippen LogP contribution in [0, 0.1) is 6.92 Å². The Bertz CT molecular complexity index is 1190. The van der Waals surface area contributed by atoms with Crippen molar-refractivity contribution in [1.82, 2.24) is 29.8 Å². The Morgan fingerprint density at radius 3 is 2.68 bits per heavy atom. The molecule has 0 radical (unpaired) electrons. The van der Waals surface area contributed by atoms with Crippen LogP contribution in [0.5, 0.6) is 0 Å². The highest BCUT2D eigenvalue weighted by Gasteiger charge is 2.27. The van der Waals surface area contributed by atoms with Gasteiger partial charge in [0.2, 0.25) is 0 Å². The average Bonchev–Trinajstić information content (AvgIpc) is 3.54. The zero-order valence-electron chi connectivity index (χ0n) is 17.9. The standard InChI is InChI=1S/C22H27N7O2/c1-14-19(6-5-18(24-14)22(31)23-2)28-9-7-27(8-10-28)12-16-11-20-25-21(30)17(15-3-4-15)13-29(20)26-16/h5-6,11,13,15H,3-4,7-10,12H2,1-2H3,(H,23,31)(H,25,30). The quantitative estimate of drug-likeness (QED) is 0.644. The van der Waals surface area contributed by atoms with Crippen LogP contribution in [0.3, 0.4) is 0 Å². The van der Waals surface area contributed by atoms with Crippen molar-refractivity contribution >= 4 is 17.2 Å². The Balaban J connectivity index is 1.24. The van der Waals surface area contributed by atoms with Crippen LogP contribution in [0.2, 0.25) is 0 Å². The highest BCUT2D eigenvalue weighted by molar-refractivity contribution is 5.92. The number of nitrogens with one attached hydrogen (secondary N) is 2. The number of carbonyl (C=O) groups excluding carboxylic acids is 1. The first-order valence-electron chi connectivity index (χ1n) is 10.8. The second kappa shape index (κ2) is 7.81. The molecule has 0 unspecified atom stereocenters. The van der Waals surface area contributed by atoms with Crippen molar-refractivity contribution < 1.29 is 4.79 Å². The molecule has 9 heteroatoms. The van der Waals surface area contributed by atoms with Crippen molar-refractivity contribution in [3.05, 3.63) is 57.4 Å². The third-order valence-corrected chi connectivity index (χ3v) is 6.18. The molecule has 1 saturated carbocycles. The zero-order chi connectivity index (χ0) is 21.5.